The SMILES string of the molecule is C=C(C)C(=O)Oc1ccc(O)c(F)c1.C=C(C)C(=O)Oc1ccc(O)cc1.C=Cc1cc(O)cc(O)c1.C=Cc1ccc(O)c(F)c1.C=Cc1ccc(O)cc1.C=Cc1cccc(O)c1.C=Cc1cccc(OC2(CC)CCCC2)c1. The van der Waals surface area contributed by atoms with Crippen LogP contribution in [0.2, 0.25) is 0 Å². The minimum Gasteiger partial charge on any atom is -0.508 e. The Morgan fingerprint density at radius 2 is 0.864 bits per heavy atom. The number of phenols is 7. The van der Waals surface area contributed by atoms with E-state index in [4.69, 9.17) is 50.0 Å². The first-order chi connectivity index (χ1) is 38.5. The third-order valence-corrected chi connectivity index (χ3v) is 11.1. The highest BCUT2D eigenvalue weighted by molar-refractivity contribution is 5.89. The molecule has 424 valence electrons. The van der Waals surface area contributed by atoms with Crippen molar-refractivity contribution in [2.75, 3.05) is 0 Å². The Morgan fingerprint density at radius 3 is 1.31 bits per heavy atom. The van der Waals surface area contributed by atoms with Crippen molar-refractivity contribution in [2.24, 2.45) is 0 Å². The zero-order chi connectivity index (χ0) is 60.5. The number of carbonyl (C=O) groups excluding carboxylic acids is 2. The molecule has 0 spiro atoms. The molecule has 81 heavy (non-hydrogen) atoms. The van der Waals surface area contributed by atoms with Crippen molar-refractivity contribution >= 4 is 42.3 Å². The van der Waals surface area contributed by atoms with Gasteiger partial charge < -0.3 is 50.0 Å². The van der Waals surface area contributed by atoms with Gasteiger partial charge in [-0.1, -0.05) is 126 Å². The molecule has 12 nitrogen and oxygen atoms in total. The molecule has 7 aromatic carbocycles. The average molecular weight is 1110 g/mol. The van der Waals surface area contributed by atoms with Crippen molar-refractivity contribution in [3.63, 3.8) is 0 Å². The first-order valence-corrected chi connectivity index (χ1v) is 25.0. The van der Waals surface area contributed by atoms with Gasteiger partial charge in [0.15, 0.2) is 23.1 Å². The zero-order valence-corrected chi connectivity index (χ0v) is 45.7. The summed E-state index contributed by atoms with van der Waals surface area (Å²) >= 11 is 0. The van der Waals surface area contributed by atoms with E-state index in [1.165, 1.54) is 99.3 Å². The van der Waals surface area contributed by atoms with E-state index >= 15 is 0 Å². The largest absolute Gasteiger partial charge is 0.508 e. The van der Waals surface area contributed by atoms with Gasteiger partial charge in [-0.15, -0.1) is 0 Å². The highest BCUT2D eigenvalue weighted by atomic mass is 19.1. The summed E-state index contributed by atoms with van der Waals surface area (Å²) in [7, 11) is 0. The van der Waals surface area contributed by atoms with Gasteiger partial charge in [-0.3, -0.25) is 0 Å². The van der Waals surface area contributed by atoms with E-state index < -0.39 is 29.3 Å². The van der Waals surface area contributed by atoms with Crippen LogP contribution in [0.15, 0.2) is 209 Å². The highest BCUT2D eigenvalue weighted by Gasteiger charge is 2.34. The molecule has 0 atom stereocenters. The molecule has 1 aliphatic carbocycles. The third kappa shape index (κ3) is 26.2. The molecule has 1 fully saturated rings. The monoisotopic (exact) mass is 1100 g/mol. The third-order valence-electron chi connectivity index (χ3n) is 11.1. The molecule has 0 radical (unpaired) electrons. The second-order valence-electron chi connectivity index (χ2n) is 17.6. The molecule has 0 aliphatic heterocycles. The van der Waals surface area contributed by atoms with Crippen LogP contribution in [0.4, 0.5) is 8.78 Å². The van der Waals surface area contributed by atoms with E-state index in [1.54, 1.807) is 61.5 Å². The molecule has 0 bridgehead atoms. The van der Waals surface area contributed by atoms with Crippen molar-refractivity contribution < 1.29 is 68.3 Å². The number of esters is 2. The maximum absolute atomic E-state index is 12.8. The van der Waals surface area contributed by atoms with Crippen LogP contribution in [0.1, 0.15) is 80.7 Å². The molecule has 0 heterocycles. The highest BCUT2D eigenvalue weighted by Crippen LogP contribution is 2.37. The van der Waals surface area contributed by atoms with Gasteiger partial charge in [0, 0.05) is 23.3 Å². The van der Waals surface area contributed by atoms with Crippen LogP contribution in [0.5, 0.6) is 57.5 Å². The Morgan fingerprint density at radius 1 is 0.457 bits per heavy atom. The number of carbonyl (C=O) groups is 2. The molecule has 1 saturated carbocycles. The number of hydrogen-bond acceptors (Lipinski definition) is 12. The number of ether oxygens (including phenoxy) is 3. The van der Waals surface area contributed by atoms with E-state index in [-0.39, 0.29) is 45.7 Å². The van der Waals surface area contributed by atoms with Crippen LogP contribution >= 0.6 is 0 Å². The lowest BCUT2D eigenvalue weighted by Gasteiger charge is -2.29. The van der Waals surface area contributed by atoms with Crippen LogP contribution in [0, 0.1) is 11.6 Å². The fraction of sp³-hybridized carbons (Fsp3) is 0.134. The number of phenolic OH excluding ortho intramolecular Hbond substituents is 7. The first kappa shape index (κ1) is 67.0. The fourth-order valence-corrected chi connectivity index (χ4v) is 6.60. The smallest absolute Gasteiger partial charge is 0.338 e. The molecule has 1 aliphatic rings. The van der Waals surface area contributed by atoms with E-state index in [1.807, 2.05) is 42.5 Å². The molecule has 7 aromatic rings. The van der Waals surface area contributed by atoms with Gasteiger partial charge in [-0.2, -0.15) is 0 Å². The van der Waals surface area contributed by atoms with E-state index in [2.05, 4.69) is 59.0 Å². The fourth-order valence-electron chi connectivity index (χ4n) is 6.60. The number of hydrogen-bond donors (Lipinski definition) is 7. The van der Waals surface area contributed by atoms with Gasteiger partial charge in [0.25, 0.3) is 0 Å². The standard InChI is InChI=1S/C15H20O.C10H9FO3.C10H10O3.C8H7FO.C8H8O2.2C8H8O/c1-3-13-8-7-9-14(12-13)16-15(4-2)10-5-6-11-15;1-6(2)10(13)14-7-3-4-9(12)8(11)5-7;1-7(2)10(12)13-9-5-3-8(11)4-6-9;1-2-6-3-4-8(10)7(9)5-6;1-2-6-3-7(9)5-8(10)4-6;1-2-7-3-5-8(9)6-4-7;1-2-7-4-3-5-8(9)6-7/h3,7-9,12H,1,4-6,10-11H2,2H3;3-5,12H,1H2,2H3;3-6,11H,1H2,2H3;2-5,10H,1H2;2-5,9-10H,1H2;2*2-6,9H,1H2. The lowest BCUT2D eigenvalue weighted by Crippen LogP contribution is -2.31. The second-order valence-corrected chi connectivity index (χ2v) is 17.6. The lowest BCUT2D eigenvalue weighted by molar-refractivity contribution is -0.130. The maximum atomic E-state index is 12.8. The molecule has 0 unspecified atom stereocenters. The predicted octanol–water partition coefficient (Wildman–Crippen LogP) is 16.3. The summed E-state index contributed by atoms with van der Waals surface area (Å²) in [6, 6.07) is 39.7. The Balaban J connectivity index is 0.000000326. The minimum absolute atomic E-state index is 0.0355. The molecule has 0 amide bonds. The Hall–Kier alpha value is -10.1. The summed E-state index contributed by atoms with van der Waals surface area (Å²) in [5, 5.41) is 62.1. The summed E-state index contributed by atoms with van der Waals surface area (Å²) in [5.41, 5.74) is 5.11. The lowest BCUT2D eigenvalue weighted by atomic mass is 9.98. The Bertz CT molecular complexity index is 3170. The molecule has 8 rings (SSSR count). The summed E-state index contributed by atoms with van der Waals surface area (Å²) in [4.78, 5) is 22.0. The summed E-state index contributed by atoms with van der Waals surface area (Å²) in [6.45, 7) is 30.0. The number of rotatable bonds is 12. The van der Waals surface area contributed by atoms with Crippen molar-refractivity contribution in [3.05, 3.63) is 248 Å². The zero-order valence-electron chi connectivity index (χ0n) is 45.7. The molecule has 0 aromatic heterocycles. The van der Waals surface area contributed by atoms with Crippen LogP contribution in [-0.2, 0) is 9.59 Å². The number of aromatic hydroxyl groups is 7. The van der Waals surface area contributed by atoms with Gasteiger partial charge in [-0.05, 0) is 171 Å². The van der Waals surface area contributed by atoms with Crippen molar-refractivity contribution in [1.82, 2.24) is 0 Å². The molecule has 0 saturated heterocycles. The minimum atomic E-state index is -0.836. The maximum Gasteiger partial charge on any atom is 0.338 e. The van der Waals surface area contributed by atoms with Gasteiger partial charge >= 0.3 is 11.9 Å². The predicted molar refractivity (Wildman–Crippen MR) is 320 cm³/mol. The second kappa shape index (κ2) is 35.4. The average Bonchev–Trinajstić information content (AvgIpc) is 3.95. The number of benzene rings is 7. The van der Waals surface area contributed by atoms with Crippen molar-refractivity contribution in [1.29, 1.82) is 0 Å². The van der Waals surface area contributed by atoms with Crippen LogP contribution in [-0.4, -0.2) is 53.3 Å². The molecular weight excluding hydrogens is 1030 g/mol. The van der Waals surface area contributed by atoms with Crippen LogP contribution in [0.3, 0.4) is 0 Å². The van der Waals surface area contributed by atoms with E-state index in [0.29, 0.717) is 28.2 Å². The Labute approximate surface area is 473 Å². The summed E-state index contributed by atoms with van der Waals surface area (Å²) in [5.74, 6) is -1.13. The van der Waals surface area contributed by atoms with Crippen molar-refractivity contribution in [3.8, 4) is 57.5 Å². The number of halogens is 2. The topological polar surface area (TPSA) is 203 Å². The molecule has 14 heteroatoms. The van der Waals surface area contributed by atoms with Crippen LogP contribution in [0.25, 0.3) is 30.4 Å². The van der Waals surface area contributed by atoms with E-state index in [9.17, 15) is 18.4 Å². The van der Waals surface area contributed by atoms with Gasteiger partial charge in [0.2, 0.25) is 0 Å². The van der Waals surface area contributed by atoms with E-state index in [0.717, 1.165) is 41.0 Å². The normalized spacial score (nSPS) is 11.0. The van der Waals surface area contributed by atoms with Crippen molar-refractivity contribution in [2.45, 2.75) is 58.5 Å². The summed E-state index contributed by atoms with van der Waals surface area (Å²) in [6.07, 6.45) is 14.5. The quantitative estimate of drug-likeness (QED) is 0.0347. The Kier molecular flexibility index (Phi) is 29.3. The molecule has 7 N–H and O–H groups in total. The van der Waals surface area contributed by atoms with Gasteiger partial charge in [-0.25, -0.2) is 18.4 Å². The van der Waals surface area contributed by atoms with Gasteiger partial charge in [0.05, 0.1) is 0 Å². The molecular formula is C67H70F2O12. The van der Waals surface area contributed by atoms with Crippen LogP contribution < -0.4 is 14.2 Å². The van der Waals surface area contributed by atoms with Gasteiger partial charge in [0.1, 0.15) is 51.6 Å². The first-order valence-electron chi connectivity index (χ1n) is 25.0. The summed E-state index contributed by atoms with van der Waals surface area (Å²) < 4.78 is 41.0.